The van der Waals surface area contributed by atoms with Crippen LogP contribution in [0, 0.1) is 5.41 Å². The van der Waals surface area contributed by atoms with Gasteiger partial charge in [-0.15, -0.1) is 0 Å². The van der Waals surface area contributed by atoms with Crippen molar-refractivity contribution in [1.29, 1.82) is 0 Å². The smallest absolute Gasteiger partial charge is 0.188 e. The fourth-order valence-electron chi connectivity index (χ4n) is 1.59. The van der Waals surface area contributed by atoms with Crippen LogP contribution in [0.25, 0.3) is 0 Å². The van der Waals surface area contributed by atoms with E-state index < -0.39 is 0 Å². The highest BCUT2D eigenvalue weighted by Crippen LogP contribution is 2.26. The second-order valence-corrected chi connectivity index (χ2v) is 5.52. The molecule has 18 heavy (non-hydrogen) atoms. The number of pyridine rings is 1. The van der Waals surface area contributed by atoms with Crippen molar-refractivity contribution in [2.24, 2.45) is 16.3 Å². The van der Waals surface area contributed by atoms with E-state index in [2.05, 4.69) is 42.7 Å². The number of rotatable bonds is 3. The molecule has 100 valence electrons. The number of nitrogens with zero attached hydrogens (tertiary/aromatic N) is 3. The van der Waals surface area contributed by atoms with Crippen molar-refractivity contribution in [3.63, 3.8) is 0 Å². The number of nitrogens with two attached hydrogens (primary N) is 1. The molecule has 1 aromatic heterocycles. The molecular formula is C13H22N4O. The Kier molecular flexibility index (Phi) is 4.16. The van der Waals surface area contributed by atoms with Crippen LogP contribution in [0.3, 0.4) is 0 Å². The molecule has 0 saturated carbocycles. The van der Waals surface area contributed by atoms with Crippen molar-refractivity contribution < 1.29 is 5.21 Å². The van der Waals surface area contributed by atoms with Gasteiger partial charge in [-0.25, -0.2) is 4.98 Å². The summed E-state index contributed by atoms with van der Waals surface area (Å²) in [6.07, 6.45) is 0. The first-order chi connectivity index (χ1) is 8.27. The van der Waals surface area contributed by atoms with E-state index in [1.54, 1.807) is 6.07 Å². The van der Waals surface area contributed by atoms with Crippen LogP contribution in [0.1, 0.15) is 33.4 Å². The van der Waals surface area contributed by atoms with Crippen LogP contribution >= 0.6 is 0 Å². The van der Waals surface area contributed by atoms with E-state index in [-0.39, 0.29) is 11.3 Å². The van der Waals surface area contributed by atoms with Gasteiger partial charge in [0.15, 0.2) is 5.84 Å². The highest BCUT2D eigenvalue weighted by atomic mass is 16.4. The molecule has 1 atom stereocenters. The van der Waals surface area contributed by atoms with E-state index in [0.29, 0.717) is 11.7 Å². The minimum absolute atomic E-state index is 0.0219. The predicted octanol–water partition coefficient (Wildman–Crippen LogP) is 2.05. The predicted molar refractivity (Wildman–Crippen MR) is 74.1 cm³/mol. The van der Waals surface area contributed by atoms with E-state index >= 15 is 0 Å². The van der Waals surface area contributed by atoms with Gasteiger partial charge < -0.3 is 15.8 Å². The molecule has 5 heteroatoms. The average molecular weight is 250 g/mol. The van der Waals surface area contributed by atoms with Gasteiger partial charge in [0.25, 0.3) is 0 Å². The van der Waals surface area contributed by atoms with Gasteiger partial charge >= 0.3 is 0 Å². The quantitative estimate of drug-likeness (QED) is 0.372. The van der Waals surface area contributed by atoms with Gasteiger partial charge in [-0.05, 0) is 24.5 Å². The molecule has 0 bridgehead atoms. The fourth-order valence-corrected chi connectivity index (χ4v) is 1.59. The maximum Gasteiger partial charge on any atom is 0.188 e. The number of aromatic nitrogens is 1. The molecule has 3 N–H and O–H groups in total. The maximum atomic E-state index is 8.67. The van der Waals surface area contributed by atoms with Gasteiger partial charge in [0.1, 0.15) is 11.5 Å². The molecule has 0 aliphatic heterocycles. The van der Waals surface area contributed by atoms with Crippen LogP contribution in [-0.4, -0.2) is 29.1 Å². The Morgan fingerprint density at radius 3 is 2.56 bits per heavy atom. The first-order valence-corrected chi connectivity index (χ1v) is 5.95. The summed E-state index contributed by atoms with van der Waals surface area (Å²) in [5.74, 6) is 0.829. The van der Waals surface area contributed by atoms with Gasteiger partial charge in [-0.1, -0.05) is 32.0 Å². The molecule has 1 aromatic rings. The zero-order valence-corrected chi connectivity index (χ0v) is 11.7. The van der Waals surface area contributed by atoms with E-state index in [1.807, 2.05) is 19.2 Å². The molecule has 1 heterocycles. The molecule has 0 amide bonds. The van der Waals surface area contributed by atoms with Gasteiger partial charge in [-0.2, -0.15) is 0 Å². The summed E-state index contributed by atoms with van der Waals surface area (Å²) in [7, 11) is 1.99. The minimum Gasteiger partial charge on any atom is -0.409 e. The Morgan fingerprint density at radius 1 is 1.44 bits per heavy atom. The van der Waals surface area contributed by atoms with E-state index in [9.17, 15) is 0 Å². The second-order valence-electron chi connectivity index (χ2n) is 5.52. The third-order valence-corrected chi connectivity index (χ3v) is 3.30. The Bertz CT molecular complexity index is 437. The van der Waals surface area contributed by atoms with Crippen molar-refractivity contribution in [2.75, 3.05) is 11.9 Å². The third kappa shape index (κ3) is 3.12. The average Bonchev–Trinajstić information content (AvgIpc) is 2.35. The second kappa shape index (κ2) is 5.25. The lowest BCUT2D eigenvalue weighted by atomic mass is 9.87. The SMILES string of the molecule is CC(N(C)c1cccc(C(N)=NO)n1)C(C)(C)C. The van der Waals surface area contributed by atoms with Crippen LogP contribution in [0.4, 0.5) is 5.82 Å². The summed E-state index contributed by atoms with van der Waals surface area (Å²) in [4.78, 5) is 6.48. The summed E-state index contributed by atoms with van der Waals surface area (Å²) < 4.78 is 0. The molecule has 5 nitrogen and oxygen atoms in total. The van der Waals surface area contributed by atoms with Gasteiger partial charge in [-0.3, -0.25) is 0 Å². The number of hydrogen-bond acceptors (Lipinski definition) is 4. The van der Waals surface area contributed by atoms with Crippen molar-refractivity contribution in [3.05, 3.63) is 23.9 Å². The molecule has 1 rings (SSSR count). The monoisotopic (exact) mass is 250 g/mol. The normalized spacial score (nSPS) is 14.4. The maximum absolute atomic E-state index is 8.67. The summed E-state index contributed by atoms with van der Waals surface area (Å²) in [6, 6.07) is 5.79. The third-order valence-electron chi connectivity index (χ3n) is 3.30. The van der Waals surface area contributed by atoms with Crippen molar-refractivity contribution in [3.8, 4) is 0 Å². The minimum atomic E-state index is 0.0219. The summed E-state index contributed by atoms with van der Waals surface area (Å²) in [5.41, 5.74) is 6.16. The molecule has 0 fully saturated rings. The molecule has 0 aromatic carbocycles. The Labute approximate surface area is 108 Å². The number of hydrogen-bond donors (Lipinski definition) is 2. The van der Waals surface area contributed by atoms with E-state index in [1.165, 1.54) is 0 Å². The Hall–Kier alpha value is -1.78. The van der Waals surface area contributed by atoms with Gasteiger partial charge in [0.05, 0.1) is 0 Å². The standard InChI is InChI=1S/C13H22N4O/c1-9(13(2,3)4)17(5)11-8-6-7-10(15-11)12(14)16-18/h6-9,18H,1-5H3,(H2,14,16). The molecule has 0 radical (unpaired) electrons. The lowest BCUT2D eigenvalue weighted by molar-refractivity contribution is 0.318. The van der Waals surface area contributed by atoms with Gasteiger partial charge in [0, 0.05) is 13.1 Å². The van der Waals surface area contributed by atoms with Crippen molar-refractivity contribution in [2.45, 2.75) is 33.7 Å². The number of anilines is 1. The van der Waals surface area contributed by atoms with E-state index in [0.717, 1.165) is 5.82 Å². The zero-order valence-electron chi connectivity index (χ0n) is 11.7. The van der Waals surface area contributed by atoms with Crippen molar-refractivity contribution >= 4 is 11.7 Å². The topological polar surface area (TPSA) is 74.7 Å². The Morgan fingerprint density at radius 2 is 2.06 bits per heavy atom. The molecule has 0 spiro atoms. The summed E-state index contributed by atoms with van der Waals surface area (Å²) in [6.45, 7) is 8.70. The largest absolute Gasteiger partial charge is 0.409 e. The molecule has 0 aliphatic carbocycles. The molecule has 1 unspecified atom stereocenters. The van der Waals surface area contributed by atoms with E-state index in [4.69, 9.17) is 10.9 Å². The fraction of sp³-hybridized carbons (Fsp3) is 0.538. The summed E-state index contributed by atoms with van der Waals surface area (Å²) in [5, 5.41) is 11.6. The van der Waals surface area contributed by atoms with Crippen LogP contribution in [0.15, 0.2) is 23.4 Å². The first kappa shape index (κ1) is 14.3. The number of oxime groups is 1. The highest BCUT2D eigenvalue weighted by Gasteiger charge is 2.24. The summed E-state index contributed by atoms with van der Waals surface area (Å²) >= 11 is 0. The zero-order chi connectivity index (χ0) is 13.9. The van der Waals surface area contributed by atoms with Crippen molar-refractivity contribution in [1.82, 2.24) is 4.98 Å². The van der Waals surface area contributed by atoms with Gasteiger partial charge in [0.2, 0.25) is 0 Å². The first-order valence-electron chi connectivity index (χ1n) is 5.95. The van der Waals surface area contributed by atoms with Crippen LogP contribution in [0.2, 0.25) is 0 Å². The molecular weight excluding hydrogens is 228 g/mol. The van der Waals surface area contributed by atoms with Crippen LogP contribution in [-0.2, 0) is 0 Å². The molecule has 0 aliphatic rings. The lowest BCUT2D eigenvalue weighted by Crippen LogP contribution is -2.40. The van der Waals surface area contributed by atoms with Crippen LogP contribution < -0.4 is 10.6 Å². The van der Waals surface area contributed by atoms with Crippen LogP contribution in [0.5, 0.6) is 0 Å². The molecule has 0 saturated heterocycles. The highest BCUT2D eigenvalue weighted by molar-refractivity contribution is 5.95. The number of amidine groups is 1. The lowest BCUT2D eigenvalue weighted by Gasteiger charge is -2.36. The Balaban J connectivity index is 3.04.